The van der Waals surface area contributed by atoms with Crippen LogP contribution in [0.3, 0.4) is 0 Å². The lowest BCUT2D eigenvalue weighted by Gasteiger charge is -2.06. The molecule has 2 aromatic heterocycles. The molecule has 2 heterocycles. The number of aromatic nitrogens is 1. The Morgan fingerprint density at radius 1 is 1.17 bits per heavy atom. The normalized spacial score (nSPS) is 13.0. The van der Waals surface area contributed by atoms with Crippen molar-refractivity contribution in [3.05, 3.63) is 56.3 Å². The third-order valence-corrected chi connectivity index (χ3v) is 6.81. The van der Waals surface area contributed by atoms with Crippen molar-refractivity contribution in [1.29, 1.82) is 0 Å². The van der Waals surface area contributed by atoms with Crippen LogP contribution in [0, 0.1) is 0 Å². The topological polar surface area (TPSA) is 42.0 Å². The molecule has 0 bridgehead atoms. The summed E-state index contributed by atoms with van der Waals surface area (Å²) in [6, 6.07) is 8.29. The van der Waals surface area contributed by atoms with Crippen molar-refractivity contribution in [2.24, 2.45) is 0 Å². The molecule has 0 saturated heterocycles. The van der Waals surface area contributed by atoms with E-state index < -0.39 is 0 Å². The molecule has 24 heavy (non-hydrogen) atoms. The fraction of sp³-hybridized carbons (Fsp3) is 0.222. The molecule has 6 heteroatoms. The van der Waals surface area contributed by atoms with Crippen molar-refractivity contribution in [2.45, 2.75) is 25.7 Å². The second-order valence-corrected chi connectivity index (χ2v) is 8.52. The number of thiophene rings is 1. The molecular formula is C18H15BrN2OS2. The molecule has 4 rings (SSSR count). The van der Waals surface area contributed by atoms with Crippen LogP contribution in [0.4, 0.5) is 5.69 Å². The number of carbonyl (C=O) groups is 1. The maximum Gasteiger partial charge on any atom is 0.230 e. The Kier molecular flexibility index (Phi) is 4.52. The van der Waals surface area contributed by atoms with Gasteiger partial charge in [-0.25, -0.2) is 4.98 Å². The number of fused-ring (bicyclic) bond motifs is 1. The predicted octanol–water partition coefficient (Wildman–Crippen LogP) is 5.30. The minimum Gasteiger partial charge on any atom is -0.326 e. The van der Waals surface area contributed by atoms with Gasteiger partial charge >= 0.3 is 0 Å². The van der Waals surface area contributed by atoms with Gasteiger partial charge in [-0.05, 0) is 64.5 Å². The zero-order chi connectivity index (χ0) is 16.5. The number of benzene rings is 1. The van der Waals surface area contributed by atoms with Crippen molar-refractivity contribution < 1.29 is 4.79 Å². The number of nitrogens with one attached hydrogen (secondary N) is 1. The number of hydrogen-bond acceptors (Lipinski definition) is 4. The fourth-order valence-electron chi connectivity index (χ4n) is 2.95. The number of rotatable bonds is 4. The lowest BCUT2D eigenvalue weighted by Crippen LogP contribution is -2.14. The zero-order valence-corrected chi connectivity index (χ0v) is 16.1. The van der Waals surface area contributed by atoms with Crippen LogP contribution in [0.2, 0.25) is 0 Å². The molecule has 1 aromatic carbocycles. The monoisotopic (exact) mass is 418 g/mol. The van der Waals surface area contributed by atoms with Crippen molar-refractivity contribution in [3.8, 4) is 9.88 Å². The minimum absolute atomic E-state index is 0.0165. The second kappa shape index (κ2) is 6.78. The number of halogens is 1. The maximum atomic E-state index is 12.3. The zero-order valence-electron chi connectivity index (χ0n) is 12.8. The van der Waals surface area contributed by atoms with E-state index in [-0.39, 0.29) is 5.91 Å². The molecule has 1 aliphatic rings. The number of anilines is 1. The highest BCUT2D eigenvalue weighted by Gasteiger charge is 2.13. The van der Waals surface area contributed by atoms with Gasteiger partial charge < -0.3 is 5.32 Å². The molecule has 0 saturated carbocycles. The Hall–Kier alpha value is -1.50. The van der Waals surface area contributed by atoms with Crippen LogP contribution in [0.5, 0.6) is 0 Å². The van der Waals surface area contributed by atoms with Gasteiger partial charge in [0, 0.05) is 20.9 Å². The van der Waals surface area contributed by atoms with Gasteiger partial charge in [0.25, 0.3) is 0 Å². The molecule has 1 aliphatic carbocycles. The van der Waals surface area contributed by atoms with Crippen LogP contribution in [0.1, 0.15) is 23.2 Å². The van der Waals surface area contributed by atoms with E-state index in [4.69, 9.17) is 0 Å². The van der Waals surface area contributed by atoms with E-state index >= 15 is 0 Å². The average molecular weight is 419 g/mol. The molecular weight excluding hydrogens is 404 g/mol. The first-order valence-electron chi connectivity index (χ1n) is 7.78. The standard InChI is InChI=1S/C18H15BrN2OS2/c19-13-7-16(23-9-13)18-21-15(10-24-18)8-17(22)20-14-5-4-11-2-1-3-12(11)6-14/h4-7,9-10H,1-3,8H2,(H,20,22). The highest BCUT2D eigenvalue weighted by atomic mass is 79.9. The van der Waals surface area contributed by atoms with Crippen molar-refractivity contribution in [2.75, 3.05) is 5.32 Å². The van der Waals surface area contributed by atoms with Crippen LogP contribution >= 0.6 is 38.6 Å². The van der Waals surface area contributed by atoms with Crippen LogP contribution in [-0.2, 0) is 24.1 Å². The summed E-state index contributed by atoms with van der Waals surface area (Å²) in [7, 11) is 0. The quantitative estimate of drug-likeness (QED) is 0.623. The molecule has 0 aliphatic heterocycles. The Labute approximate surface area is 156 Å². The van der Waals surface area contributed by atoms with E-state index in [1.807, 2.05) is 16.8 Å². The van der Waals surface area contributed by atoms with E-state index in [1.54, 1.807) is 22.7 Å². The number of aryl methyl sites for hydroxylation is 2. The summed E-state index contributed by atoms with van der Waals surface area (Å²) in [6.45, 7) is 0. The smallest absolute Gasteiger partial charge is 0.230 e. The van der Waals surface area contributed by atoms with Gasteiger partial charge in [-0.15, -0.1) is 22.7 Å². The summed E-state index contributed by atoms with van der Waals surface area (Å²) in [5.74, 6) is -0.0165. The SMILES string of the molecule is O=C(Cc1csc(-c2cc(Br)cs2)n1)Nc1ccc2c(c1)CCC2. The summed E-state index contributed by atoms with van der Waals surface area (Å²) in [5.41, 5.74) is 4.49. The average Bonchev–Trinajstić information content (AvgIpc) is 3.27. The molecule has 0 spiro atoms. The third-order valence-electron chi connectivity index (χ3n) is 4.05. The predicted molar refractivity (Wildman–Crippen MR) is 104 cm³/mol. The first-order chi connectivity index (χ1) is 11.7. The van der Waals surface area contributed by atoms with Crippen LogP contribution < -0.4 is 5.32 Å². The lowest BCUT2D eigenvalue weighted by atomic mass is 10.1. The number of nitrogens with zero attached hydrogens (tertiary/aromatic N) is 1. The van der Waals surface area contributed by atoms with E-state index in [9.17, 15) is 4.79 Å². The number of thiazole rings is 1. The first-order valence-corrected chi connectivity index (χ1v) is 10.3. The molecule has 0 unspecified atom stereocenters. The minimum atomic E-state index is -0.0165. The Morgan fingerprint density at radius 2 is 2.04 bits per heavy atom. The summed E-state index contributed by atoms with van der Waals surface area (Å²) >= 11 is 6.69. The lowest BCUT2D eigenvalue weighted by molar-refractivity contribution is -0.115. The van der Waals surface area contributed by atoms with E-state index in [0.717, 1.165) is 38.6 Å². The number of carbonyl (C=O) groups excluding carboxylic acids is 1. The van der Waals surface area contributed by atoms with Gasteiger partial charge in [0.1, 0.15) is 5.01 Å². The van der Waals surface area contributed by atoms with E-state index in [2.05, 4.69) is 44.4 Å². The highest BCUT2D eigenvalue weighted by Crippen LogP contribution is 2.32. The summed E-state index contributed by atoms with van der Waals surface area (Å²) in [4.78, 5) is 18.0. The molecule has 122 valence electrons. The summed E-state index contributed by atoms with van der Waals surface area (Å²) in [5, 5.41) is 7.96. The summed E-state index contributed by atoms with van der Waals surface area (Å²) in [6.07, 6.45) is 3.79. The second-order valence-electron chi connectivity index (χ2n) is 5.84. The van der Waals surface area contributed by atoms with Crippen molar-refractivity contribution >= 4 is 50.2 Å². The van der Waals surface area contributed by atoms with Gasteiger partial charge in [-0.1, -0.05) is 6.07 Å². The van der Waals surface area contributed by atoms with E-state index in [0.29, 0.717) is 6.42 Å². The van der Waals surface area contributed by atoms with Gasteiger partial charge in [0.05, 0.1) is 17.0 Å². The Morgan fingerprint density at radius 3 is 2.88 bits per heavy atom. The third kappa shape index (κ3) is 3.45. The largest absolute Gasteiger partial charge is 0.326 e. The first kappa shape index (κ1) is 16.0. The maximum absolute atomic E-state index is 12.3. The molecule has 3 nitrogen and oxygen atoms in total. The Balaban J connectivity index is 1.42. The van der Waals surface area contributed by atoms with Crippen molar-refractivity contribution in [1.82, 2.24) is 4.98 Å². The number of amides is 1. The van der Waals surface area contributed by atoms with Crippen LogP contribution in [0.15, 0.2) is 39.5 Å². The Bertz CT molecular complexity index is 900. The van der Waals surface area contributed by atoms with Crippen LogP contribution in [0.25, 0.3) is 9.88 Å². The molecule has 0 atom stereocenters. The van der Waals surface area contributed by atoms with Crippen LogP contribution in [-0.4, -0.2) is 10.9 Å². The molecule has 0 radical (unpaired) electrons. The molecule has 1 N–H and O–H groups in total. The highest BCUT2D eigenvalue weighted by molar-refractivity contribution is 9.10. The van der Waals surface area contributed by atoms with Crippen molar-refractivity contribution in [3.63, 3.8) is 0 Å². The molecule has 3 aromatic rings. The van der Waals surface area contributed by atoms with Gasteiger partial charge in [0.15, 0.2) is 0 Å². The van der Waals surface area contributed by atoms with E-state index in [1.165, 1.54) is 17.5 Å². The molecule has 0 fully saturated rings. The number of hydrogen-bond donors (Lipinski definition) is 1. The molecule has 1 amide bonds. The van der Waals surface area contributed by atoms with Gasteiger partial charge in [-0.3, -0.25) is 4.79 Å². The van der Waals surface area contributed by atoms with Gasteiger partial charge in [-0.2, -0.15) is 0 Å². The summed E-state index contributed by atoms with van der Waals surface area (Å²) < 4.78 is 1.06. The van der Waals surface area contributed by atoms with Gasteiger partial charge in [0.2, 0.25) is 5.91 Å². The fourth-order valence-corrected chi connectivity index (χ4v) is 5.27.